The Morgan fingerprint density at radius 2 is 1.95 bits per heavy atom. The van der Waals surface area contributed by atoms with Crippen LogP contribution >= 0.6 is 34.3 Å². The molecule has 0 saturated carbocycles. The molecule has 106 valence electrons. The van der Waals surface area contributed by atoms with Crippen LogP contribution < -0.4 is 5.32 Å². The molecule has 0 fully saturated rings. The summed E-state index contributed by atoms with van der Waals surface area (Å²) >= 11 is 8.77. The zero-order valence-corrected chi connectivity index (χ0v) is 12.8. The molecular formula is C14H8ClNO3S2. The lowest BCUT2D eigenvalue weighted by atomic mass is 10.2. The van der Waals surface area contributed by atoms with Crippen molar-refractivity contribution in [2.24, 2.45) is 0 Å². The first kappa shape index (κ1) is 14.1. The molecule has 4 nitrogen and oxygen atoms in total. The van der Waals surface area contributed by atoms with Crippen LogP contribution in [0.1, 0.15) is 20.0 Å². The molecule has 7 heteroatoms. The summed E-state index contributed by atoms with van der Waals surface area (Å²) in [6, 6.07) is 8.16. The normalized spacial score (nSPS) is 10.7. The van der Waals surface area contributed by atoms with Crippen LogP contribution in [0.4, 0.5) is 5.69 Å². The largest absolute Gasteiger partial charge is 0.478 e. The van der Waals surface area contributed by atoms with Crippen molar-refractivity contribution in [1.29, 1.82) is 0 Å². The maximum Gasteiger partial charge on any atom is 0.337 e. The lowest BCUT2D eigenvalue weighted by Crippen LogP contribution is -2.11. The smallest absolute Gasteiger partial charge is 0.337 e. The molecule has 3 rings (SSSR count). The number of halogens is 1. The third-order valence-corrected chi connectivity index (χ3v) is 5.24. The van der Waals surface area contributed by atoms with E-state index in [0.29, 0.717) is 10.6 Å². The van der Waals surface area contributed by atoms with E-state index < -0.39 is 5.97 Å². The van der Waals surface area contributed by atoms with E-state index in [9.17, 15) is 9.59 Å². The van der Waals surface area contributed by atoms with Gasteiger partial charge in [0.2, 0.25) is 0 Å². The number of carbonyl (C=O) groups excluding carboxylic acids is 1. The van der Waals surface area contributed by atoms with E-state index in [0.717, 1.165) is 9.40 Å². The summed E-state index contributed by atoms with van der Waals surface area (Å²) < 4.78 is 2.12. The molecule has 0 aliphatic heterocycles. The Morgan fingerprint density at radius 1 is 1.14 bits per heavy atom. The van der Waals surface area contributed by atoms with E-state index in [1.54, 1.807) is 17.4 Å². The lowest BCUT2D eigenvalue weighted by Gasteiger charge is -2.05. The summed E-state index contributed by atoms with van der Waals surface area (Å²) in [5.41, 5.74) is 0.361. The van der Waals surface area contributed by atoms with E-state index in [4.69, 9.17) is 16.7 Å². The van der Waals surface area contributed by atoms with Crippen molar-refractivity contribution >= 4 is 61.2 Å². The minimum atomic E-state index is -1.13. The summed E-state index contributed by atoms with van der Waals surface area (Å²) in [6.07, 6.45) is 0. The van der Waals surface area contributed by atoms with Gasteiger partial charge in [-0.15, -0.1) is 22.7 Å². The van der Waals surface area contributed by atoms with Gasteiger partial charge < -0.3 is 10.4 Å². The van der Waals surface area contributed by atoms with Crippen molar-refractivity contribution in [2.75, 3.05) is 5.32 Å². The van der Waals surface area contributed by atoms with Gasteiger partial charge in [0.15, 0.2) is 0 Å². The second-order valence-electron chi connectivity index (χ2n) is 4.21. The van der Waals surface area contributed by atoms with Crippen LogP contribution in [0, 0.1) is 0 Å². The second kappa shape index (κ2) is 5.48. The van der Waals surface area contributed by atoms with Gasteiger partial charge in [0.05, 0.1) is 15.5 Å². The average molecular weight is 338 g/mol. The maximum absolute atomic E-state index is 12.2. The van der Waals surface area contributed by atoms with Crippen LogP contribution in [0.15, 0.2) is 35.7 Å². The number of hydrogen-bond donors (Lipinski definition) is 2. The van der Waals surface area contributed by atoms with E-state index in [-0.39, 0.29) is 16.5 Å². The van der Waals surface area contributed by atoms with Gasteiger partial charge in [-0.2, -0.15) is 0 Å². The van der Waals surface area contributed by atoms with Crippen LogP contribution in [0.5, 0.6) is 0 Å². The zero-order chi connectivity index (χ0) is 15.0. The number of anilines is 1. The molecule has 0 bridgehead atoms. The molecule has 0 unspecified atom stereocenters. The van der Waals surface area contributed by atoms with Gasteiger partial charge in [0.25, 0.3) is 5.91 Å². The van der Waals surface area contributed by atoms with Gasteiger partial charge in [-0.3, -0.25) is 4.79 Å². The first-order valence-electron chi connectivity index (χ1n) is 5.86. The Labute approximate surface area is 132 Å². The van der Waals surface area contributed by atoms with Gasteiger partial charge in [-0.1, -0.05) is 11.6 Å². The topological polar surface area (TPSA) is 66.4 Å². The first-order chi connectivity index (χ1) is 10.0. The number of carboxylic acid groups (broad SMARTS) is 1. The third kappa shape index (κ3) is 2.78. The van der Waals surface area contributed by atoms with Gasteiger partial charge in [-0.05, 0) is 35.7 Å². The fraction of sp³-hybridized carbons (Fsp3) is 0. The number of rotatable bonds is 3. The van der Waals surface area contributed by atoms with Gasteiger partial charge in [-0.25, -0.2) is 4.79 Å². The number of benzene rings is 1. The van der Waals surface area contributed by atoms with Crippen molar-refractivity contribution in [3.05, 3.63) is 51.2 Å². The summed E-state index contributed by atoms with van der Waals surface area (Å²) in [4.78, 5) is 23.8. The first-order valence-corrected chi connectivity index (χ1v) is 7.93. The Balaban J connectivity index is 1.86. The molecule has 3 aromatic rings. The summed E-state index contributed by atoms with van der Waals surface area (Å²) in [5.74, 6) is -1.39. The molecule has 1 amide bonds. The summed E-state index contributed by atoms with van der Waals surface area (Å²) in [7, 11) is 0. The Kier molecular flexibility index (Phi) is 3.67. The molecule has 0 aliphatic carbocycles. The Bertz CT molecular complexity index is 824. The van der Waals surface area contributed by atoms with E-state index >= 15 is 0 Å². The fourth-order valence-corrected chi connectivity index (χ4v) is 4.04. The average Bonchev–Trinajstić information content (AvgIpc) is 3.01. The van der Waals surface area contributed by atoms with E-state index in [1.807, 2.05) is 17.5 Å². The van der Waals surface area contributed by atoms with Crippen LogP contribution in [-0.4, -0.2) is 17.0 Å². The molecule has 0 saturated heterocycles. The number of carbonyl (C=O) groups is 2. The molecule has 0 spiro atoms. The van der Waals surface area contributed by atoms with Crippen molar-refractivity contribution in [2.45, 2.75) is 0 Å². The molecule has 0 atom stereocenters. The molecule has 2 N–H and O–H groups in total. The number of carboxylic acids is 1. The summed E-state index contributed by atoms with van der Waals surface area (Å²) in [5, 5.41) is 13.8. The van der Waals surface area contributed by atoms with Crippen molar-refractivity contribution in [3.8, 4) is 0 Å². The predicted molar refractivity (Wildman–Crippen MR) is 86.1 cm³/mol. The van der Waals surface area contributed by atoms with Crippen LogP contribution in [0.25, 0.3) is 9.40 Å². The number of hydrogen-bond acceptors (Lipinski definition) is 4. The quantitative estimate of drug-likeness (QED) is 0.735. The number of fused-ring (bicyclic) bond motifs is 1. The third-order valence-electron chi connectivity index (χ3n) is 2.82. The van der Waals surface area contributed by atoms with Crippen LogP contribution in [0.2, 0.25) is 5.02 Å². The predicted octanol–water partition coefficient (Wildman–Crippen LogP) is 4.57. The lowest BCUT2D eigenvalue weighted by molar-refractivity contribution is 0.0696. The molecule has 21 heavy (non-hydrogen) atoms. The second-order valence-corrected chi connectivity index (χ2v) is 6.65. The molecule has 0 radical (unpaired) electrons. The molecule has 1 aromatic carbocycles. The monoisotopic (exact) mass is 337 g/mol. The number of aromatic carboxylic acids is 1. The Hall–Kier alpha value is -1.89. The van der Waals surface area contributed by atoms with Crippen molar-refractivity contribution in [1.82, 2.24) is 0 Å². The fourth-order valence-electron chi connectivity index (χ4n) is 1.84. The minimum absolute atomic E-state index is 0.0402. The van der Waals surface area contributed by atoms with Crippen molar-refractivity contribution < 1.29 is 14.7 Å². The Morgan fingerprint density at radius 3 is 2.67 bits per heavy atom. The molecule has 2 aromatic heterocycles. The number of thiophene rings is 2. The number of nitrogens with one attached hydrogen (secondary N) is 1. The van der Waals surface area contributed by atoms with E-state index in [1.165, 1.54) is 23.5 Å². The highest BCUT2D eigenvalue weighted by Gasteiger charge is 2.14. The van der Waals surface area contributed by atoms with Crippen LogP contribution in [0.3, 0.4) is 0 Å². The molecule has 0 aliphatic rings. The standard InChI is InChI=1S/C14H8ClNO3S2/c15-9-2-1-7(5-8(9)14(18)19)16-13(17)12-6-11-10(21-12)3-4-20-11/h1-6H,(H,16,17)(H,18,19). The van der Waals surface area contributed by atoms with Gasteiger partial charge >= 0.3 is 5.97 Å². The number of amides is 1. The van der Waals surface area contributed by atoms with Crippen molar-refractivity contribution in [3.63, 3.8) is 0 Å². The SMILES string of the molecule is O=C(Nc1ccc(Cl)c(C(=O)O)c1)c1cc2sccc2s1. The summed E-state index contributed by atoms with van der Waals surface area (Å²) in [6.45, 7) is 0. The minimum Gasteiger partial charge on any atom is -0.478 e. The highest BCUT2D eigenvalue weighted by atomic mass is 35.5. The van der Waals surface area contributed by atoms with E-state index in [2.05, 4.69) is 5.32 Å². The van der Waals surface area contributed by atoms with Gasteiger partial charge in [0, 0.05) is 15.1 Å². The maximum atomic E-state index is 12.2. The molecular weight excluding hydrogens is 330 g/mol. The highest BCUT2D eigenvalue weighted by Crippen LogP contribution is 2.30. The van der Waals surface area contributed by atoms with Gasteiger partial charge in [0.1, 0.15) is 0 Å². The van der Waals surface area contributed by atoms with Crippen LogP contribution in [-0.2, 0) is 0 Å². The zero-order valence-electron chi connectivity index (χ0n) is 10.4. The molecule has 2 heterocycles. The highest BCUT2D eigenvalue weighted by molar-refractivity contribution is 7.27.